The van der Waals surface area contributed by atoms with Gasteiger partial charge >= 0.3 is 0 Å². The van der Waals surface area contributed by atoms with Gasteiger partial charge in [0.15, 0.2) is 11.5 Å². The van der Waals surface area contributed by atoms with Crippen molar-refractivity contribution in [3.8, 4) is 0 Å². The van der Waals surface area contributed by atoms with Crippen molar-refractivity contribution in [2.45, 2.75) is 26.7 Å². The third kappa shape index (κ3) is 2.04. The quantitative estimate of drug-likeness (QED) is 0.790. The van der Waals surface area contributed by atoms with Crippen LogP contribution in [0.1, 0.15) is 51.8 Å². The number of hydrogen-bond donors (Lipinski definition) is 0. The van der Waals surface area contributed by atoms with Crippen molar-refractivity contribution >= 4 is 22.9 Å². The second-order valence-corrected chi connectivity index (χ2v) is 6.52. The summed E-state index contributed by atoms with van der Waals surface area (Å²) < 4.78 is 5.23. The van der Waals surface area contributed by atoms with Crippen LogP contribution in [0.25, 0.3) is 0 Å². The minimum atomic E-state index is -0.229. The topological polar surface area (TPSA) is 60.2 Å². The molecule has 0 bridgehead atoms. The van der Waals surface area contributed by atoms with Crippen LogP contribution in [-0.2, 0) is 6.42 Å². The molecule has 0 fully saturated rings. The first-order valence-electron chi connectivity index (χ1n) is 6.08. The molecule has 0 unspecified atom stereocenters. The van der Waals surface area contributed by atoms with Gasteiger partial charge in [0.05, 0.1) is 10.4 Å². The molecule has 0 N–H and O–H groups in total. The van der Waals surface area contributed by atoms with Gasteiger partial charge in [-0.15, -0.1) is 11.3 Å². The van der Waals surface area contributed by atoms with Gasteiger partial charge in [0.25, 0.3) is 0 Å². The highest BCUT2D eigenvalue weighted by Gasteiger charge is 2.38. The van der Waals surface area contributed by atoms with E-state index in [-0.39, 0.29) is 22.7 Å². The van der Waals surface area contributed by atoms with Gasteiger partial charge in [-0.25, -0.2) is 0 Å². The van der Waals surface area contributed by atoms with Crippen molar-refractivity contribution in [2.24, 2.45) is 5.41 Å². The van der Waals surface area contributed by atoms with Crippen LogP contribution < -0.4 is 0 Å². The van der Waals surface area contributed by atoms with E-state index in [1.807, 2.05) is 19.2 Å². The van der Waals surface area contributed by atoms with Crippen LogP contribution in [-0.4, -0.2) is 16.7 Å². The molecule has 0 saturated carbocycles. The van der Waals surface area contributed by atoms with Gasteiger partial charge in [0.1, 0.15) is 5.76 Å². The Morgan fingerprint density at radius 2 is 2.21 bits per heavy atom. The van der Waals surface area contributed by atoms with E-state index in [0.717, 1.165) is 0 Å². The molecule has 0 atom stereocenters. The molecule has 0 amide bonds. The molecule has 1 aliphatic carbocycles. The maximum Gasteiger partial charge on any atom is 0.225 e. The van der Waals surface area contributed by atoms with Gasteiger partial charge in [0.2, 0.25) is 5.78 Å². The highest BCUT2D eigenvalue weighted by atomic mass is 32.1. The van der Waals surface area contributed by atoms with Crippen molar-refractivity contribution in [1.82, 2.24) is 5.16 Å². The van der Waals surface area contributed by atoms with Gasteiger partial charge < -0.3 is 4.52 Å². The van der Waals surface area contributed by atoms with Gasteiger partial charge in [-0.3, -0.25) is 9.59 Å². The van der Waals surface area contributed by atoms with Crippen LogP contribution in [0.5, 0.6) is 0 Å². The van der Waals surface area contributed by atoms with E-state index in [1.54, 1.807) is 12.1 Å². The van der Waals surface area contributed by atoms with E-state index < -0.39 is 0 Å². The predicted octanol–water partition coefficient (Wildman–Crippen LogP) is 3.12. The van der Waals surface area contributed by atoms with Crippen LogP contribution >= 0.6 is 11.3 Å². The number of ketones is 2. The summed E-state index contributed by atoms with van der Waals surface area (Å²) in [6, 6.07) is 3.53. The van der Waals surface area contributed by atoms with Crippen molar-refractivity contribution in [3.63, 3.8) is 0 Å². The van der Waals surface area contributed by atoms with E-state index in [0.29, 0.717) is 29.0 Å². The first-order chi connectivity index (χ1) is 8.98. The van der Waals surface area contributed by atoms with Crippen molar-refractivity contribution in [2.75, 3.05) is 0 Å². The summed E-state index contributed by atoms with van der Waals surface area (Å²) in [7, 11) is 0. The number of nitrogens with zero attached hydrogens (tertiary/aromatic N) is 1. The minimum Gasteiger partial charge on any atom is -0.360 e. The van der Waals surface area contributed by atoms with E-state index in [1.165, 1.54) is 11.3 Å². The Hall–Kier alpha value is -1.75. The Balaban J connectivity index is 2.05. The SMILES string of the molecule is CC1(C)CC(=O)c2c(C(=O)c3cccs3)noc2C1. The molecule has 0 spiro atoms. The Morgan fingerprint density at radius 3 is 2.89 bits per heavy atom. The molecule has 19 heavy (non-hydrogen) atoms. The summed E-state index contributed by atoms with van der Waals surface area (Å²) in [5, 5.41) is 5.66. The van der Waals surface area contributed by atoms with E-state index in [4.69, 9.17) is 4.52 Å². The fourth-order valence-corrected chi connectivity index (χ4v) is 3.10. The lowest BCUT2D eigenvalue weighted by Crippen LogP contribution is -2.27. The number of rotatable bonds is 2. The molecule has 5 heteroatoms. The number of carbonyl (C=O) groups excluding carboxylic acids is 2. The van der Waals surface area contributed by atoms with Gasteiger partial charge in [-0.1, -0.05) is 25.1 Å². The molecule has 0 aromatic carbocycles. The Kier molecular flexibility index (Phi) is 2.67. The number of aromatic nitrogens is 1. The first kappa shape index (κ1) is 12.3. The zero-order chi connectivity index (χ0) is 13.6. The Labute approximate surface area is 114 Å². The normalized spacial score (nSPS) is 17.3. The van der Waals surface area contributed by atoms with Crippen molar-refractivity contribution in [3.05, 3.63) is 39.4 Å². The lowest BCUT2D eigenvalue weighted by Gasteiger charge is -2.26. The molecule has 3 rings (SSSR count). The predicted molar refractivity (Wildman–Crippen MR) is 70.7 cm³/mol. The number of carbonyl (C=O) groups is 2. The number of fused-ring (bicyclic) bond motifs is 1. The maximum absolute atomic E-state index is 12.3. The molecule has 0 radical (unpaired) electrons. The molecule has 2 heterocycles. The number of hydrogen-bond acceptors (Lipinski definition) is 5. The monoisotopic (exact) mass is 275 g/mol. The summed E-state index contributed by atoms with van der Waals surface area (Å²) in [6.45, 7) is 4.02. The molecule has 0 saturated heterocycles. The third-order valence-electron chi connectivity index (χ3n) is 3.28. The van der Waals surface area contributed by atoms with Gasteiger partial charge in [-0.05, 0) is 16.9 Å². The highest BCUT2D eigenvalue weighted by molar-refractivity contribution is 7.12. The average molecular weight is 275 g/mol. The molecular formula is C14H13NO3S. The standard InChI is InChI=1S/C14H13NO3S/c1-14(2)6-8(16)11-9(7-14)18-15-12(11)13(17)10-4-3-5-19-10/h3-5H,6-7H2,1-2H3. The first-order valence-corrected chi connectivity index (χ1v) is 6.96. The minimum absolute atomic E-state index is 0.0487. The van der Waals surface area contributed by atoms with Gasteiger partial charge in [-0.2, -0.15) is 0 Å². The zero-order valence-electron chi connectivity index (χ0n) is 10.7. The summed E-state index contributed by atoms with van der Waals surface area (Å²) in [4.78, 5) is 25.1. The summed E-state index contributed by atoms with van der Waals surface area (Å²) in [5.41, 5.74) is 0.419. The summed E-state index contributed by atoms with van der Waals surface area (Å²) in [5.74, 6) is 0.265. The molecule has 4 nitrogen and oxygen atoms in total. The maximum atomic E-state index is 12.3. The molecule has 2 aromatic rings. The number of thiophene rings is 1. The molecule has 98 valence electrons. The van der Waals surface area contributed by atoms with Crippen molar-refractivity contribution < 1.29 is 14.1 Å². The van der Waals surface area contributed by atoms with Crippen molar-refractivity contribution in [1.29, 1.82) is 0 Å². The average Bonchev–Trinajstić information content (AvgIpc) is 2.94. The second-order valence-electron chi connectivity index (χ2n) is 5.58. The summed E-state index contributed by atoms with van der Waals surface area (Å²) in [6.07, 6.45) is 1.06. The number of Topliss-reactive ketones (excluding diaryl/α,β-unsaturated/α-hetero) is 1. The summed E-state index contributed by atoms with van der Waals surface area (Å²) >= 11 is 1.34. The Morgan fingerprint density at radius 1 is 1.42 bits per heavy atom. The van der Waals surface area contributed by atoms with Crippen LogP contribution in [0.3, 0.4) is 0 Å². The molecular weight excluding hydrogens is 262 g/mol. The fraction of sp³-hybridized carbons (Fsp3) is 0.357. The van der Waals surface area contributed by atoms with Crippen LogP contribution in [0.4, 0.5) is 0 Å². The second kappa shape index (κ2) is 4.13. The third-order valence-corrected chi connectivity index (χ3v) is 4.15. The van der Waals surface area contributed by atoms with Crippen LogP contribution in [0.15, 0.2) is 22.0 Å². The lowest BCUT2D eigenvalue weighted by molar-refractivity contribution is 0.0896. The molecule has 1 aliphatic rings. The lowest BCUT2D eigenvalue weighted by atomic mass is 9.76. The molecule has 0 aliphatic heterocycles. The van der Waals surface area contributed by atoms with E-state index >= 15 is 0 Å². The van der Waals surface area contributed by atoms with E-state index in [9.17, 15) is 9.59 Å². The molecule has 2 aromatic heterocycles. The fourth-order valence-electron chi connectivity index (χ4n) is 2.43. The largest absolute Gasteiger partial charge is 0.360 e. The van der Waals surface area contributed by atoms with Crippen LogP contribution in [0.2, 0.25) is 0 Å². The zero-order valence-corrected chi connectivity index (χ0v) is 11.5. The van der Waals surface area contributed by atoms with Gasteiger partial charge in [0, 0.05) is 12.8 Å². The smallest absolute Gasteiger partial charge is 0.225 e. The Bertz CT molecular complexity index is 652. The highest BCUT2D eigenvalue weighted by Crippen LogP contribution is 2.36. The van der Waals surface area contributed by atoms with Crippen LogP contribution in [0, 0.1) is 5.41 Å². The van der Waals surface area contributed by atoms with E-state index in [2.05, 4.69) is 5.16 Å².